The summed E-state index contributed by atoms with van der Waals surface area (Å²) in [4.78, 5) is 26.2. The van der Waals surface area contributed by atoms with Gasteiger partial charge in [0.15, 0.2) is 0 Å². The molecule has 2 aliphatic rings. The van der Waals surface area contributed by atoms with E-state index in [2.05, 4.69) is 5.43 Å². The molecule has 0 radical (unpaired) electrons. The number of hydrazine groups is 1. The molecule has 2 aliphatic carbocycles. The maximum atomic E-state index is 13.7. The number of carbonyl (C=O) groups excluding carboxylic acids is 2. The van der Waals surface area contributed by atoms with Crippen LogP contribution in [-0.2, 0) is 11.0 Å². The second kappa shape index (κ2) is 8.94. The number of nitrogens with zero attached hydrogens (tertiary/aromatic N) is 2. The van der Waals surface area contributed by atoms with E-state index in [1.807, 2.05) is 0 Å². The van der Waals surface area contributed by atoms with Gasteiger partial charge in [0.05, 0.1) is 12.1 Å². The van der Waals surface area contributed by atoms with Crippen LogP contribution in [-0.4, -0.2) is 48.4 Å². The Balaban J connectivity index is 1.61. The highest BCUT2D eigenvalue weighted by molar-refractivity contribution is 6.38. The van der Waals surface area contributed by atoms with Crippen LogP contribution in [0.25, 0.3) is 11.0 Å². The lowest BCUT2D eigenvalue weighted by atomic mass is 10.0. The van der Waals surface area contributed by atoms with E-state index in [0.717, 1.165) is 51.0 Å². The number of carbonyl (C=O) groups is 2. The van der Waals surface area contributed by atoms with Gasteiger partial charge in [0, 0.05) is 25.0 Å². The molecule has 2 amide bonds. The van der Waals surface area contributed by atoms with Gasteiger partial charge in [-0.05, 0) is 49.3 Å². The van der Waals surface area contributed by atoms with E-state index >= 15 is 0 Å². The van der Waals surface area contributed by atoms with Crippen molar-refractivity contribution in [1.82, 2.24) is 15.3 Å². The number of hydrogen-bond donors (Lipinski definition) is 1. The van der Waals surface area contributed by atoms with Crippen LogP contribution < -0.4 is 5.43 Å². The molecule has 10 heteroatoms. The third kappa shape index (κ3) is 4.45. The van der Waals surface area contributed by atoms with Gasteiger partial charge in [-0.15, -0.1) is 0 Å². The number of halogens is 4. The van der Waals surface area contributed by atoms with Crippen molar-refractivity contribution in [2.45, 2.75) is 56.7 Å². The second-order valence-electron chi connectivity index (χ2n) is 8.42. The molecular formula is C22H25ClF3N3O3. The maximum Gasteiger partial charge on any atom is 0.420 e. The lowest BCUT2D eigenvalue weighted by Crippen LogP contribution is -2.46. The second-order valence-corrected chi connectivity index (χ2v) is 8.80. The Labute approximate surface area is 188 Å². The highest BCUT2D eigenvalue weighted by Gasteiger charge is 2.38. The largest absolute Gasteiger partial charge is 0.449 e. The van der Waals surface area contributed by atoms with E-state index in [1.165, 1.54) is 12.1 Å². The van der Waals surface area contributed by atoms with Crippen LogP contribution in [0.5, 0.6) is 0 Å². The molecule has 0 unspecified atom stereocenters. The van der Waals surface area contributed by atoms with Gasteiger partial charge in [-0.25, -0.2) is 5.43 Å². The van der Waals surface area contributed by atoms with E-state index < -0.39 is 23.2 Å². The van der Waals surface area contributed by atoms with Gasteiger partial charge >= 0.3 is 12.1 Å². The van der Waals surface area contributed by atoms with E-state index in [1.54, 1.807) is 11.0 Å². The molecule has 0 atom stereocenters. The molecule has 6 nitrogen and oxygen atoms in total. The molecule has 0 saturated heterocycles. The normalized spacial score (nSPS) is 17.2. The Hall–Kier alpha value is -2.26. The SMILES string of the molecule is CNN(CCN(C=O)C1CCCC1)C(=O)c1oc2c(C(F)(F)F)cc(C3CC3)cc2c1Cl. The summed E-state index contributed by atoms with van der Waals surface area (Å²) in [6.45, 7) is 0.426. The third-order valence-corrected chi connectivity index (χ3v) is 6.70. The van der Waals surface area contributed by atoms with E-state index in [9.17, 15) is 22.8 Å². The topological polar surface area (TPSA) is 65.8 Å². The first kappa shape index (κ1) is 22.9. The molecule has 1 aromatic carbocycles. The Bertz CT molecular complexity index is 1010. The monoisotopic (exact) mass is 471 g/mol. The van der Waals surface area contributed by atoms with Gasteiger partial charge in [-0.3, -0.25) is 14.6 Å². The number of fused-ring (bicyclic) bond motifs is 1. The summed E-state index contributed by atoms with van der Waals surface area (Å²) in [5.41, 5.74) is 1.91. The molecule has 0 aliphatic heterocycles. The van der Waals surface area contributed by atoms with Crippen LogP contribution in [0, 0.1) is 0 Å². The summed E-state index contributed by atoms with van der Waals surface area (Å²) < 4.78 is 46.5. The highest BCUT2D eigenvalue weighted by atomic mass is 35.5. The third-order valence-electron chi connectivity index (χ3n) is 6.33. The van der Waals surface area contributed by atoms with Crippen LogP contribution >= 0.6 is 11.6 Å². The van der Waals surface area contributed by atoms with Crippen LogP contribution in [0.3, 0.4) is 0 Å². The molecule has 2 fully saturated rings. The Morgan fingerprint density at radius 1 is 1.22 bits per heavy atom. The Morgan fingerprint density at radius 2 is 1.91 bits per heavy atom. The summed E-state index contributed by atoms with van der Waals surface area (Å²) in [5.74, 6) is -0.968. The van der Waals surface area contributed by atoms with Crippen molar-refractivity contribution in [2.75, 3.05) is 20.1 Å². The van der Waals surface area contributed by atoms with Gasteiger partial charge in [0.25, 0.3) is 0 Å². The fourth-order valence-corrected chi connectivity index (χ4v) is 4.66. The molecular weight excluding hydrogens is 447 g/mol. The minimum absolute atomic E-state index is 0.0735. The van der Waals surface area contributed by atoms with Crippen molar-refractivity contribution < 1.29 is 27.2 Å². The molecule has 4 rings (SSSR count). The molecule has 2 saturated carbocycles. The van der Waals surface area contributed by atoms with Crippen molar-refractivity contribution in [2.24, 2.45) is 0 Å². The first-order valence-corrected chi connectivity index (χ1v) is 11.2. The molecule has 0 bridgehead atoms. The fourth-order valence-electron chi connectivity index (χ4n) is 4.40. The van der Waals surface area contributed by atoms with Crippen LogP contribution in [0.2, 0.25) is 5.02 Å². The average Bonchev–Trinajstić information content (AvgIpc) is 3.37. The molecule has 1 N–H and O–H groups in total. The number of hydrogen-bond acceptors (Lipinski definition) is 4. The molecule has 2 aromatic rings. The van der Waals surface area contributed by atoms with Crippen LogP contribution in [0.4, 0.5) is 13.2 Å². The lowest BCUT2D eigenvalue weighted by molar-refractivity contribution is -0.136. The van der Waals surface area contributed by atoms with Gasteiger partial charge in [0.1, 0.15) is 10.6 Å². The predicted octanol–water partition coefficient (Wildman–Crippen LogP) is 4.96. The smallest absolute Gasteiger partial charge is 0.420 e. The number of benzene rings is 1. The van der Waals surface area contributed by atoms with Crippen molar-refractivity contribution in [1.29, 1.82) is 0 Å². The van der Waals surface area contributed by atoms with Crippen molar-refractivity contribution in [3.8, 4) is 0 Å². The number of nitrogens with one attached hydrogen (secondary N) is 1. The van der Waals surface area contributed by atoms with Crippen LogP contribution in [0.1, 0.15) is 66.1 Å². The first-order valence-electron chi connectivity index (χ1n) is 10.8. The number of furan rings is 1. The van der Waals surface area contributed by atoms with Gasteiger partial charge in [-0.2, -0.15) is 13.2 Å². The van der Waals surface area contributed by atoms with Crippen LogP contribution in [0.15, 0.2) is 16.5 Å². The predicted molar refractivity (Wildman–Crippen MR) is 113 cm³/mol. The molecule has 32 heavy (non-hydrogen) atoms. The summed E-state index contributed by atoms with van der Waals surface area (Å²) in [6, 6.07) is 2.82. The Kier molecular flexibility index (Phi) is 6.40. The van der Waals surface area contributed by atoms with Gasteiger partial charge in [-0.1, -0.05) is 24.4 Å². The van der Waals surface area contributed by atoms with E-state index in [-0.39, 0.29) is 41.2 Å². The van der Waals surface area contributed by atoms with E-state index in [4.69, 9.17) is 16.0 Å². The summed E-state index contributed by atoms with van der Waals surface area (Å²) in [7, 11) is 1.52. The summed E-state index contributed by atoms with van der Waals surface area (Å²) in [5, 5.41) is 1.15. The highest BCUT2D eigenvalue weighted by Crippen LogP contribution is 2.46. The first-order chi connectivity index (χ1) is 15.2. The van der Waals surface area contributed by atoms with Crippen molar-refractivity contribution >= 4 is 34.9 Å². The summed E-state index contributed by atoms with van der Waals surface area (Å²) in [6.07, 6.45) is 1.75. The Morgan fingerprint density at radius 3 is 2.47 bits per heavy atom. The lowest BCUT2D eigenvalue weighted by Gasteiger charge is -2.28. The van der Waals surface area contributed by atoms with Gasteiger partial charge < -0.3 is 9.32 Å². The summed E-state index contributed by atoms with van der Waals surface area (Å²) >= 11 is 6.36. The molecule has 1 heterocycles. The minimum Gasteiger partial charge on any atom is -0.449 e. The maximum absolute atomic E-state index is 13.7. The minimum atomic E-state index is -4.64. The van der Waals surface area contributed by atoms with Crippen molar-refractivity contribution in [3.05, 3.63) is 34.0 Å². The van der Waals surface area contributed by atoms with Crippen molar-refractivity contribution in [3.63, 3.8) is 0 Å². The van der Waals surface area contributed by atoms with E-state index in [0.29, 0.717) is 5.56 Å². The van der Waals surface area contributed by atoms with Gasteiger partial charge in [0.2, 0.25) is 12.2 Å². The zero-order valence-corrected chi connectivity index (χ0v) is 18.4. The standard InChI is InChI=1S/C22H25ClF3N3O3/c1-27-29(9-8-28(12-30)15-4-2-3-5-15)21(31)20-18(23)16-10-14(13-6-7-13)11-17(19(16)32-20)22(24,25)26/h10-13,15,27H,2-9H2,1H3. The zero-order chi connectivity index (χ0) is 23.0. The number of amides is 2. The fraction of sp³-hybridized carbons (Fsp3) is 0.545. The molecule has 0 spiro atoms. The molecule has 1 aromatic heterocycles. The zero-order valence-electron chi connectivity index (χ0n) is 17.7. The number of rotatable bonds is 8. The quantitative estimate of drug-likeness (QED) is 0.436. The average molecular weight is 472 g/mol. The number of alkyl halides is 3. The molecule has 174 valence electrons.